The van der Waals surface area contributed by atoms with Crippen LogP contribution >= 0.6 is 0 Å². The normalized spacial score (nSPS) is 10.8. The summed E-state index contributed by atoms with van der Waals surface area (Å²) in [5, 5.41) is 2.97. The number of aromatic nitrogens is 2. The van der Waals surface area contributed by atoms with Crippen molar-refractivity contribution in [1.82, 2.24) is 9.38 Å². The molecule has 0 saturated carbocycles. The lowest BCUT2D eigenvalue weighted by atomic mass is 10.0. The second-order valence-corrected chi connectivity index (χ2v) is 7.04. The van der Waals surface area contributed by atoms with Gasteiger partial charge < -0.3 is 9.72 Å². The van der Waals surface area contributed by atoms with Gasteiger partial charge in [0.2, 0.25) is 0 Å². The molecule has 0 fully saturated rings. The number of fused-ring (bicyclic) bond motifs is 1. The second kappa shape index (κ2) is 7.68. The van der Waals surface area contributed by atoms with Crippen LogP contribution in [0.15, 0.2) is 109 Å². The zero-order chi connectivity index (χ0) is 20.3. The van der Waals surface area contributed by atoms with E-state index >= 15 is 0 Å². The van der Waals surface area contributed by atoms with Crippen molar-refractivity contribution in [3.05, 3.63) is 115 Å². The molecule has 0 aliphatic heterocycles. The molecule has 3 aromatic carbocycles. The fraction of sp³-hybridized carbons (Fsp3) is 0. The lowest BCUT2D eigenvalue weighted by Gasteiger charge is -2.06. The zero-order valence-electron chi connectivity index (χ0n) is 16.2. The van der Waals surface area contributed by atoms with Crippen molar-refractivity contribution in [2.75, 3.05) is 5.32 Å². The van der Waals surface area contributed by atoms with E-state index in [9.17, 15) is 4.79 Å². The number of imidazole rings is 1. The molecule has 0 radical (unpaired) electrons. The summed E-state index contributed by atoms with van der Waals surface area (Å²) in [5.74, 6) is -0.152. The molecule has 0 unspecified atom stereocenters. The van der Waals surface area contributed by atoms with Crippen LogP contribution in [0.2, 0.25) is 0 Å². The predicted molar refractivity (Wildman–Crippen MR) is 120 cm³/mol. The van der Waals surface area contributed by atoms with Crippen molar-refractivity contribution in [2.24, 2.45) is 0 Å². The summed E-state index contributed by atoms with van der Waals surface area (Å²) in [4.78, 5) is 17.3. The Hall–Kier alpha value is -4.18. The molecule has 0 aliphatic carbocycles. The molecule has 0 atom stereocenters. The predicted octanol–water partition coefficient (Wildman–Crippen LogP) is 5.92. The van der Waals surface area contributed by atoms with E-state index in [0.717, 1.165) is 11.3 Å². The maximum Gasteiger partial charge on any atom is 0.255 e. The number of carbonyl (C=O) groups excluding carboxylic acids is 1. The van der Waals surface area contributed by atoms with E-state index in [1.807, 2.05) is 65.3 Å². The highest BCUT2D eigenvalue weighted by Crippen LogP contribution is 2.26. The van der Waals surface area contributed by atoms with Crippen LogP contribution in [0.3, 0.4) is 0 Å². The molecule has 30 heavy (non-hydrogen) atoms. The fourth-order valence-corrected chi connectivity index (χ4v) is 3.50. The Morgan fingerprint density at radius 2 is 1.33 bits per heavy atom. The van der Waals surface area contributed by atoms with Gasteiger partial charge in [-0.1, -0.05) is 72.8 Å². The maximum absolute atomic E-state index is 12.6. The number of nitrogens with one attached hydrogen (secondary N) is 1. The van der Waals surface area contributed by atoms with Crippen molar-refractivity contribution in [3.63, 3.8) is 0 Å². The molecule has 5 rings (SSSR count). The van der Waals surface area contributed by atoms with Gasteiger partial charge >= 0.3 is 0 Å². The zero-order valence-corrected chi connectivity index (χ0v) is 16.2. The Labute approximate surface area is 174 Å². The molecule has 1 amide bonds. The molecule has 2 aromatic heterocycles. The van der Waals surface area contributed by atoms with Crippen molar-refractivity contribution < 1.29 is 4.79 Å². The molecule has 4 heteroatoms. The average Bonchev–Trinajstić information content (AvgIpc) is 3.26. The molecular formula is C26H19N3O. The van der Waals surface area contributed by atoms with E-state index in [4.69, 9.17) is 4.98 Å². The number of pyridine rings is 1. The third kappa shape index (κ3) is 3.47. The van der Waals surface area contributed by atoms with Gasteiger partial charge in [0.05, 0.1) is 11.4 Å². The number of benzene rings is 3. The summed E-state index contributed by atoms with van der Waals surface area (Å²) in [6, 6.07) is 31.6. The molecule has 0 bridgehead atoms. The number of carbonyl (C=O) groups is 1. The summed E-state index contributed by atoms with van der Waals surface area (Å²) in [5.41, 5.74) is 6.24. The van der Waals surface area contributed by atoms with Crippen LogP contribution in [-0.4, -0.2) is 15.3 Å². The minimum atomic E-state index is -0.152. The number of nitrogens with zero attached hydrogens (tertiary/aromatic N) is 2. The van der Waals surface area contributed by atoms with Crippen molar-refractivity contribution >= 4 is 17.2 Å². The van der Waals surface area contributed by atoms with E-state index in [-0.39, 0.29) is 5.91 Å². The van der Waals surface area contributed by atoms with Crippen LogP contribution in [0.4, 0.5) is 5.69 Å². The van der Waals surface area contributed by atoms with Crippen LogP contribution < -0.4 is 5.32 Å². The smallest absolute Gasteiger partial charge is 0.255 e. The largest absolute Gasteiger partial charge is 0.319 e. The van der Waals surface area contributed by atoms with Gasteiger partial charge in [0.25, 0.3) is 5.91 Å². The van der Waals surface area contributed by atoms with Gasteiger partial charge in [-0.3, -0.25) is 4.79 Å². The van der Waals surface area contributed by atoms with Gasteiger partial charge in [0.15, 0.2) is 5.65 Å². The van der Waals surface area contributed by atoms with Crippen LogP contribution in [-0.2, 0) is 0 Å². The average molecular weight is 389 g/mol. The highest BCUT2D eigenvalue weighted by atomic mass is 16.1. The van der Waals surface area contributed by atoms with E-state index in [0.29, 0.717) is 16.9 Å². The molecule has 1 N–H and O–H groups in total. The first kappa shape index (κ1) is 17.9. The molecule has 0 aliphatic rings. The number of hydrogen-bond donors (Lipinski definition) is 1. The first-order chi connectivity index (χ1) is 14.8. The third-order valence-electron chi connectivity index (χ3n) is 5.05. The lowest BCUT2D eigenvalue weighted by Crippen LogP contribution is -2.12. The highest BCUT2D eigenvalue weighted by molar-refractivity contribution is 6.06. The van der Waals surface area contributed by atoms with Crippen molar-refractivity contribution in [1.29, 1.82) is 0 Å². The minimum Gasteiger partial charge on any atom is -0.319 e. The number of rotatable bonds is 4. The van der Waals surface area contributed by atoms with Crippen molar-refractivity contribution in [2.45, 2.75) is 0 Å². The third-order valence-corrected chi connectivity index (χ3v) is 5.05. The van der Waals surface area contributed by atoms with E-state index in [1.165, 1.54) is 11.1 Å². The number of hydrogen-bond acceptors (Lipinski definition) is 2. The van der Waals surface area contributed by atoms with E-state index < -0.39 is 0 Å². The number of anilines is 1. The van der Waals surface area contributed by atoms with Crippen molar-refractivity contribution in [3.8, 4) is 22.4 Å². The standard InChI is InChI=1S/C26H19N3O/c30-26(22-10-5-2-6-11-22)28-23-12-7-17-29-18-24(27-25(23)29)21-15-13-20(14-16-21)19-8-3-1-4-9-19/h1-18H,(H,28,30). The first-order valence-corrected chi connectivity index (χ1v) is 9.78. The van der Waals surface area contributed by atoms with Gasteiger partial charge in [-0.05, 0) is 35.4 Å². The van der Waals surface area contributed by atoms with Gasteiger partial charge in [0, 0.05) is 23.5 Å². The van der Waals surface area contributed by atoms with Crippen LogP contribution in [0.25, 0.3) is 28.0 Å². The van der Waals surface area contributed by atoms with Gasteiger partial charge in [-0.15, -0.1) is 0 Å². The van der Waals surface area contributed by atoms with Crippen LogP contribution in [0, 0.1) is 0 Å². The minimum absolute atomic E-state index is 0.152. The molecule has 4 nitrogen and oxygen atoms in total. The first-order valence-electron chi connectivity index (χ1n) is 9.78. The second-order valence-electron chi connectivity index (χ2n) is 7.04. The molecular weight excluding hydrogens is 370 g/mol. The van der Waals surface area contributed by atoms with Gasteiger partial charge in [-0.2, -0.15) is 0 Å². The molecule has 0 spiro atoms. The van der Waals surface area contributed by atoms with Gasteiger partial charge in [-0.25, -0.2) is 4.98 Å². The summed E-state index contributed by atoms with van der Waals surface area (Å²) in [6.45, 7) is 0. The van der Waals surface area contributed by atoms with E-state index in [1.54, 1.807) is 12.1 Å². The Morgan fingerprint density at radius 3 is 2.07 bits per heavy atom. The quantitative estimate of drug-likeness (QED) is 0.415. The van der Waals surface area contributed by atoms with Gasteiger partial charge in [0.1, 0.15) is 0 Å². The summed E-state index contributed by atoms with van der Waals surface area (Å²) in [7, 11) is 0. The Kier molecular flexibility index (Phi) is 4.58. The van der Waals surface area contributed by atoms with Crippen LogP contribution in [0.5, 0.6) is 0 Å². The summed E-state index contributed by atoms with van der Waals surface area (Å²) in [6.07, 6.45) is 3.91. The molecule has 0 saturated heterocycles. The molecule has 2 heterocycles. The molecule has 5 aromatic rings. The topological polar surface area (TPSA) is 46.4 Å². The summed E-state index contributed by atoms with van der Waals surface area (Å²) >= 11 is 0. The Morgan fingerprint density at radius 1 is 0.700 bits per heavy atom. The van der Waals surface area contributed by atoms with Crippen LogP contribution in [0.1, 0.15) is 10.4 Å². The fourth-order valence-electron chi connectivity index (χ4n) is 3.50. The monoisotopic (exact) mass is 389 g/mol. The molecule has 144 valence electrons. The lowest BCUT2D eigenvalue weighted by molar-refractivity contribution is 0.102. The maximum atomic E-state index is 12.6. The highest BCUT2D eigenvalue weighted by Gasteiger charge is 2.12. The summed E-state index contributed by atoms with van der Waals surface area (Å²) < 4.78 is 1.93. The van der Waals surface area contributed by atoms with E-state index in [2.05, 4.69) is 41.7 Å². The SMILES string of the molecule is O=C(Nc1cccn2cc(-c3ccc(-c4ccccc4)cc3)nc12)c1ccccc1. The Balaban J connectivity index is 1.45. The Bertz CT molecular complexity index is 1310. The number of amides is 1.